The molecule has 0 heterocycles. The average Bonchev–Trinajstić information content (AvgIpc) is 2.14. The van der Waals surface area contributed by atoms with Crippen LogP contribution in [0.1, 0.15) is 5.56 Å². The highest BCUT2D eigenvalue weighted by molar-refractivity contribution is 7.98. The van der Waals surface area contributed by atoms with Gasteiger partial charge in [0, 0.05) is 23.9 Å². The topological polar surface area (TPSA) is 0 Å². The summed E-state index contributed by atoms with van der Waals surface area (Å²) in [5, 5.41) is 1.57. The van der Waals surface area contributed by atoms with Crippen molar-refractivity contribution in [3.63, 3.8) is 0 Å². The number of rotatable bonds is 5. The molecule has 0 atom stereocenters. The third kappa shape index (κ3) is 5.13. The van der Waals surface area contributed by atoms with Gasteiger partial charge in [0.2, 0.25) is 0 Å². The minimum Gasteiger partial charge on any atom is -0.157 e. The van der Waals surface area contributed by atoms with Crippen LogP contribution in [0.2, 0.25) is 35.7 Å². The summed E-state index contributed by atoms with van der Waals surface area (Å²) in [5.41, 5.74) is 1.08. The summed E-state index contributed by atoms with van der Waals surface area (Å²) in [6.07, 6.45) is 0. The Hall–Kier alpha value is 0.367. The Morgan fingerprint density at radius 1 is 1.12 bits per heavy atom. The van der Waals surface area contributed by atoms with E-state index in [1.807, 2.05) is 30.0 Å². The lowest BCUT2D eigenvalue weighted by Crippen LogP contribution is -2.19. The monoisotopic (exact) mass is 292 g/mol. The van der Waals surface area contributed by atoms with Crippen LogP contribution >= 0.6 is 35.0 Å². The van der Waals surface area contributed by atoms with Crippen molar-refractivity contribution in [3.05, 3.63) is 33.8 Å². The zero-order valence-corrected chi connectivity index (χ0v) is 13.3. The van der Waals surface area contributed by atoms with Crippen LogP contribution in [0.5, 0.6) is 0 Å². The van der Waals surface area contributed by atoms with Gasteiger partial charge in [-0.1, -0.05) is 48.9 Å². The Morgan fingerprint density at radius 3 is 2.19 bits per heavy atom. The first-order valence-corrected chi connectivity index (χ1v) is 11.0. The zero-order valence-electron chi connectivity index (χ0n) is 10.0. The van der Waals surface area contributed by atoms with Crippen LogP contribution in [0.3, 0.4) is 0 Å². The predicted octanol–water partition coefficient (Wildman–Crippen LogP) is 5.56. The molecular formula is C12H18Cl2SSi. The summed E-state index contributed by atoms with van der Waals surface area (Å²) in [6.45, 7) is 7.20. The van der Waals surface area contributed by atoms with Crippen molar-refractivity contribution in [1.82, 2.24) is 0 Å². The molecule has 0 fully saturated rings. The van der Waals surface area contributed by atoms with Gasteiger partial charge in [-0.25, -0.2) is 0 Å². The average molecular weight is 293 g/mol. The van der Waals surface area contributed by atoms with Crippen LogP contribution in [0.4, 0.5) is 0 Å². The normalized spacial score (nSPS) is 11.8. The minimum absolute atomic E-state index is 0.785. The molecule has 1 rings (SSSR count). The quantitative estimate of drug-likeness (QED) is 0.505. The van der Waals surface area contributed by atoms with Gasteiger partial charge in [0.1, 0.15) is 0 Å². The molecule has 0 spiro atoms. The van der Waals surface area contributed by atoms with Crippen molar-refractivity contribution in [3.8, 4) is 0 Å². The second kappa shape index (κ2) is 6.34. The number of hydrogen-bond donors (Lipinski definition) is 0. The molecule has 0 unspecified atom stereocenters. The number of hydrogen-bond acceptors (Lipinski definition) is 1. The number of halogens is 2. The summed E-state index contributed by atoms with van der Waals surface area (Å²) < 4.78 is 0. The Morgan fingerprint density at radius 2 is 1.69 bits per heavy atom. The van der Waals surface area contributed by atoms with Crippen molar-refractivity contribution in [2.75, 3.05) is 5.75 Å². The molecule has 0 N–H and O–H groups in total. The Balaban J connectivity index is 2.43. The first kappa shape index (κ1) is 14.4. The van der Waals surface area contributed by atoms with Crippen molar-refractivity contribution in [1.29, 1.82) is 0 Å². The molecule has 16 heavy (non-hydrogen) atoms. The molecule has 0 radical (unpaired) electrons. The highest BCUT2D eigenvalue weighted by Gasteiger charge is 2.12. The van der Waals surface area contributed by atoms with Crippen molar-refractivity contribution in [2.45, 2.75) is 31.4 Å². The Labute approximate surface area is 114 Å². The summed E-state index contributed by atoms with van der Waals surface area (Å²) >= 11 is 14.1. The maximum atomic E-state index is 6.11. The smallest absolute Gasteiger partial charge is 0.0461 e. The van der Waals surface area contributed by atoms with Gasteiger partial charge in [-0.05, 0) is 29.5 Å². The fourth-order valence-corrected chi connectivity index (χ4v) is 5.60. The fourth-order valence-electron chi connectivity index (χ4n) is 1.22. The van der Waals surface area contributed by atoms with Crippen LogP contribution in [0, 0.1) is 0 Å². The van der Waals surface area contributed by atoms with E-state index in [2.05, 4.69) is 19.6 Å². The summed E-state index contributed by atoms with van der Waals surface area (Å²) in [7, 11) is -0.909. The predicted molar refractivity (Wildman–Crippen MR) is 80.8 cm³/mol. The Kier molecular flexibility index (Phi) is 5.72. The highest BCUT2D eigenvalue weighted by atomic mass is 35.5. The molecule has 0 nitrogen and oxygen atoms in total. The van der Waals surface area contributed by atoms with E-state index < -0.39 is 8.07 Å². The molecule has 1 aromatic carbocycles. The van der Waals surface area contributed by atoms with Crippen LogP contribution in [0.25, 0.3) is 0 Å². The molecule has 0 bridgehead atoms. The molecule has 0 aliphatic heterocycles. The number of benzene rings is 1. The molecule has 0 aliphatic carbocycles. The van der Waals surface area contributed by atoms with E-state index in [9.17, 15) is 0 Å². The summed E-state index contributed by atoms with van der Waals surface area (Å²) in [5.74, 6) is 2.13. The van der Waals surface area contributed by atoms with Gasteiger partial charge >= 0.3 is 0 Å². The highest BCUT2D eigenvalue weighted by Crippen LogP contribution is 2.29. The zero-order chi connectivity index (χ0) is 12.2. The Bertz CT molecular complexity index is 327. The first-order valence-electron chi connectivity index (χ1n) is 5.41. The molecule has 0 aromatic heterocycles. The van der Waals surface area contributed by atoms with E-state index in [1.54, 1.807) is 0 Å². The van der Waals surface area contributed by atoms with Gasteiger partial charge in [0.05, 0.1) is 0 Å². The SMILES string of the molecule is C[Si](C)(C)CCSCc1c(Cl)cccc1Cl. The molecule has 0 aliphatic rings. The van der Waals surface area contributed by atoms with Gasteiger partial charge < -0.3 is 0 Å². The van der Waals surface area contributed by atoms with E-state index in [0.29, 0.717) is 0 Å². The summed E-state index contributed by atoms with van der Waals surface area (Å²) in [4.78, 5) is 0. The van der Waals surface area contributed by atoms with E-state index in [4.69, 9.17) is 23.2 Å². The third-order valence-corrected chi connectivity index (χ3v) is 6.11. The number of thioether (sulfide) groups is 1. The first-order chi connectivity index (χ1) is 7.40. The summed E-state index contributed by atoms with van der Waals surface area (Å²) in [6, 6.07) is 7.05. The van der Waals surface area contributed by atoms with E-state index in [-0.39, 0.29) is 0 Å². The van der Waals surface area contributed by atoms with E-state index >= 15 is 0 Å². The van der Waals surface area contributed by atoms with Crippen molar-refractivity contribution in [2.24, 2.45) is 0 Å². The van der Waals surface area contributed by atoms with Gasteiger partial charge in [-0.2, -0.15) is 11.8 Å². The largest absolute Gasteiger partial charge is 0.157 e. The van der Waals surface area contributed by atoms with Crippen LogP contribution < -0.4 is 0 Å². The molecule has 0 saturated carbocycles. The molecule has 4 heteroatoms. The minimum atomic E-state index is -0.909. The van der Waals surface area contributed by atoms with Crippen molar-refractivity contribution < 1.29 is 0 Å². The van der Waals surface area contributed by atoms with Crippen LogP contribution in [0.15, 0.2) is 18.2 Å². The van der Waals surface area contributed by atoms with Gasteiger partial charge in [-0.3, -0.25) is 0 Å². The van der Waals surface area contributed by atoms with Gasteiger partial charge in [-0.15, -0.1) is 0 Å². The maximum absolute atomic E-state index is 6.11. The van der Waals surface area contributed by atoms with Gasteiger partial charge in [0.15, 0.2) is 0 Å². The lowest BCUT2D eigenvalue weighted by molar-refractivity contribution is 1.34. The van der Waals surface area contributed by atoms with Crippen LogP contribution in [-0.4, -0.2) is 13.8 Å². The van der Waals surface area contributed by atoms with E-state index in [0.717, 1.165) is 21.4 Å². The van der Waals surface area contributed by atoms with E-state index in [1.165, 1.54) is 11.8 Å². The third-order valence-electron chi connectivity index (χ3n) is 2.30. The maximum Gasteiger partial charge on any atom is 0.0461 e. The lowest BCUT2D eigenvalue weighted by Gasteiger charge is -2.15. The molecule has 90 valence electrons. The molecule has 1 aromatic rings. The standard InChI is InChI=1S/C12H18Cl2SSi/c1-16(2,3)8-7-15-9-10-11(13)5-4-6-12(10)14/h4-6H,7-9H2,1-3H3. The van der Waals surface area contributed by atoms with Gasteiger partial charge in [0.25, 0.3) is 0 Å². The molecule has 0 amide bonds. The lowest BCUT2D eigenvalue weighted by atomic mass is 10.2. The fraction of sp³-hybridized carbons (Fsp3) is 0.500. The second-order valence-electron chi connectivity index (χ2n) is 5.06. The molecular weight excluding hydrogens is 275 g/mol. The second-order valence-corrected chi connectivity index (χ2v) is 12.6. The van der Waals surface area contributed by atoms with Crippen molar-refractivity contribution >= 4 is 43.0 Å². The van der Waals surface area contributed by atoms with Crippen LogP contribution in [-0.2, 0) is 5.75 Å². The molecule has 0 saturated heterocycles.